The van der Waals surface area contributed by atoms with Gasteiger partial charge < -0.3 is 5.32 Å². The number of thioether (sulfide) groups is 1. The van der Waals surface area contributed by atoms with Crippen LogP contribution in [0.2, 0.25) is 15.1 Å². The maximum absolute atomic E-state index is 11.9. The lowest BCUT2D eigenvalue weighted by Gasteiger charge is -2.07. The summed E-state index contributed by atoms with van der Waals surface area (Å²) < 4.78 is 0. The SMILES string of the molecule is O=C(NCCSCc1ccc(Cl)cc1Cl)c1ccccc1Cl. The Hall–Kier alpha value is -0.870. The lowest BCUT2D eigenvalue weighted by atomic mass is 10.2. The summed E-state index contributed by atoms with van der Waals surface area (Å²) in [6, 6.07) is 12.5. The van der Waals surface area contributed by atoms with Crippen molar-refractivity contribution in [3.05, 3.63) is 68.7 Å². The Morgan fingerprint density at radius 2 is 1.82 bits per heavy atom. The summed E-state index contributed by atoms with van der Waals surface area (Å²) in [5.41, 5.74) is 1.53. The van der Waals surface area contributed by atoms with E-state index in [9.17, 15) is 4.79 Å². The van der Waals surface area contributed by atoms with Crippen molar-refractivity contribution in [2.45, 2.75) is 5.75 Å². The van der Waals surface area contributed by atoms with Crippen LogP contribution in [0.15, 0.2) is 42.5 Å². The lowest BCUT2D eigenvalue weighted by molar-refractivity contribution is 0.0956. The normalized spacial score (nSPS) is 10.5. The van der Waals surface area contributed by atoms with Gasteiger partial charge in [-0.25, -0.2) is 0 Å². The van der Waals surface area contributed by atoms with E-state index in [2.05, 4.69) is 5.32 Å². The van der Waals surface area contributed by atoms with Crippen molar-refractivity contribution in [2.24, 2.45) is 0 Å². The van der Waals surface area contributed by atoms with Gasteiger partial charge in [0, 0.05) is 28.1 Å². The first-order valence-electron chi connectivity index (χ1n) is 6.62. The quantitative estimate of drug-likeness (QED) is 0.694. The van der Waals surface area contributed by atoms with E-state index in [0.717, 1.165) is 17.1 Å². The first kappa shape index (κ1) is 17.5. The fraction of sp³-hybridized carbons (Fsp3) is 0.188. The van der Waals surface area contributed by atoms with Crippen LogP contribution < -0.4 is 5.32 Å². The Balaban J connectivity index is 1.73. The first-order chi connectivity index (χ1) is 10.6. The number of rotatable bonds is 6. The Morgan fingerprint density at radius 3 is 2.55 bits per heavy atom. The van der Waals surface area contributed by atoms with E-state index in [4.69, 9.17) is 34.8 Å². The third kappa shape index (κ3) is 5.10. The number of hydrogen-bond donors (Lipinski definition) is 1. The number of benzene rings is 2. The number of hydrogen-bond acceptors (Lipinski definition) is 2. The molecule has 0 aliphatic carbocycles. The van der Waals surface area contributed by atoms with Crippen LogP contribution in [-0.4, -0.2) is 18.2 Å². The van der Waals surface area contributed by atoms with Crippen LogP contribution in [0.3, 0.4) is 0 Å². The van der Waals surface area contributed by atoms with Crippen molar-refractivity contribution in [1.29, 1.82) is 0 Å². The molecule has 0 aliphatic rings. The average molecular weight is 375 g/mol. The van der Waals surface area contributed by atoms with Gasteiger partial charge in [-0.2, -0.15) is 11.8 Å². The van der Waals surface area contributed by atoms with Crippen molar-refractivity contribution in [2.75, 3.05) is 12.3 Å². The van der Waals surface area contributed by atoms with Crippen molar-refractivity contribution >= 4 is 52.5 Å². The molecule has 2 rings (SSSR count). The summed E-state index contributed by atoms with van der Waals surface area (Å²) in [6.07, 6.45) is 0. The second kappa shape index (κ2) is 8.68. The molecule has 2 aromatic rings. The van der Waals surface area contributed by atoms with Crippen LogP contribution in [0.1, 0.15) is 15.9 Å². The molecule has 2 nitrogen and oxygen atoms in total. The van der Waals surface area contributed by atoms with Crippen LogP contribution in [0.4, 0.5) is 0 Å². The van der Waals surface area contributed by atoms with Crippen LogP contribution >= 0.6 is 46.6 Å². The molecule has 0 aliphatic heterocycles. The van der Waals surface area contributed by atoms with Gasteiger partial charge in [-0.3, -0.25) is 4.79 Å². The van der Waals surface area contributed by atoms with Gasteiger partial charge in [0.05, 0.1) is 10.6 Å². The summed E-state index contributed by atoms with van der Waals surface area (Å²) in [4.78, 5) is 11.9. The van der Waals surface area contributed by atoms with E-state index in [1.807, 2.05) is 12.1 Å². The minimum absolute atomic E-state index is 0.157. The zero-order valence-electron chi connectivity index (χ0n) is 11.6. The maximum Gasteiger partial charge on any atom is 0.252 e. The van der Waals surface area contributed by atoms with Gasteiger partial charge in [0.2, 0.25) is 0 Å². The summed E-state index contributed by atoms with van der Waals surface area (Å²) in [5, 5.41) is 4.61. The van der Waals surface area contributed by atoms with Gasteiger partial charge in [0.1, 0.15) is 0 Å². The monoisotopic (exact) mass is 373 g/mol. The van der Waals surface area contributed by atoms with Gasteiger partial charge in [-0.1, -0.05) is 53.0 Å². The topological polar surface area (TPSA) is 29.1 Å². The minimum atomic E-state index is -0.157. The second-order valence-corrected chi connectivity index (χ2v) is 6.88. The van der Waals surface area contributed by atoms with E-state index in [1.54, 1.807) is 42.1 Å². The molecule has 0 heterocycles. The molecule has 0 saturated heterocycles. The molecule has 0 fully saturated rings. The number of amides is 1. The minimum Gasteiger partial charge on any atom is -0.351 e. The predicted molar refractivity (Wildman–Crippen MR) is 96.4 cm³/mol. The Labute approximate surface area is 149 Å². The van der Waals surface area contributed by atoms with Crippen molar-refractivity contribution < 1.29 is 4.79 Å². The molecule has 116 valence electrons. The smallest absolute Gasteiger partial charge is 0.252 e. The fourth-order valence-electron chi connectivity index (χ4n) is 1.80. The van der Waals surface area contributed by atoms with Crippen molar-refractivity contribution in [1.82, 2.24) is 5.32 Å². The standard InChI is InChI=1S/C16H14Cl3NOS/c17-12-6-5-11(15(19)9-12)10-22-8-7-20-16(21)13-3-1-2-4-14(13)18/h1-6,9H,7-8,10H2,(H,20,21). The number of carbonyl (C=O) groups excluding carboxylic acids is 1. The van der Waals surface area contributed by atoms with Crippen LogP contribution in [0.25, 0.3) is 0 Å². The summed E-state index contributed by atoms with van der Waals surface area (Å²) >= 11 is 19.6. The lowest BCUT2D eigenvalue weighted by Crippen LogP contribution is -2.26. The third-order valence-electron chi connectivity index (χ3n) is 2.92. The molecule has 0 aromatic heterocycles. The molecule has 0 unspecified atom stereocenters. The molecule has 0 spiro atoms. The van der Waals surface area contributed by atoms with Crippen LogP contribution in [0, 0.1) is 0 Å². The zero-order chi connectivity index (χ0) is 15.9. The number of carbonyl (C=O) groups is 1. The van der Waals surface area contributed by atoms with E-state index in [-0.39, 0.29) is 5.91 Å². The highest BCUT2D eigenvalue weighted by Gasteiger charge is 2.08. The van der Waals surface area contributed by atoms with E-state index in [1.165, 1.54) is 0 Å². The Morgan fingerprint density at radius 1 is 1.05 bits per heavy atom. The van der Waals surface area contributed by atoms with Crippen molar-refractivity contribution in [3.63, 3.8) is 0 Å². The van der Waals surface area contributed by atoms with Gasteiger partial charge in [0.25, 0.3) is 5.91 Å². The highest BCUT2D eigenvalue weighted by atomic mass is 35.5. The zero-order valence-corrected chi connectivity index (χ0v) is 14.7. The maximum atomic E-state index is 11.9. The fourth-order valence-corrected chi connectivity index (χ4v) is 3.44. The molecule has 0 saturated carbocycles. The summed E-state index contributed by atoms with van der Waals surface area (Å²) in [7, 11) is 0. The average Bonchev–Trinajstić information content (AvgIpc) is 2.49. The highest BCUT2D eigenvalue weighted by molar-refractivity contribution is 7.98. The Bertz CT molecular complexity index is 664. The number of halogens is 3. The molecule has 1 N–H and O–H groups in total. The molecule has 6 heteroatoms. The molecule has 22 heavy (non-hydrogen) atoms. The van der Waals surface area contributed by atoms with E-state index < -0.39 is 0 Å². The summed E-state index contributed by atoms with van der Waals surface area (Å²) in [6.45, 7) is 0.569. The third-order valence-corrected chi connectivity index (χ3v) is 4.85. The highest BCUT2D eigenvalue weighted by Crippen LogP contribution is 2.24. The first-order valence-corrected chi connectivity index (χ1v) is 8.91. The molecule has 2 aromatic carbocycles. The Kier molecular flexibility index (Phi) is 6.90. The molecule has 0 atom stereocenters. The van der Waals surface area contributed by atoms with Gasteiger partial charge >= 0.3 is 0 Å². The van der Waals surface area contributed by atoms with Gasteiger partial charge in [0.15, 0.2) is 0 Å². The van der Waals surface area contributed by atoms with Gasteiger partial charge in [-0.15, -0.1) is 0 Å². The van der Waals surface area contributed by atoms with Crippen LogP contribution in [0.5, 0.6) is 0 Å². The van der Waals surface area contributed by atoms with Crippen LogP contribution in [-0.2, 0) is 5.75 Å². The number of nitrogens with one attached hydrogen (secondary N) is 1. The largest absolute Gasteiger partial charge is 0.351 e. The molecule has 0 bridgehead atoms. The van der Waals surface area contributed by atoms with Gasteiger partial charge in [-0.05, 0) is 29.8 Å². The molecule has 1 amide bonds. The van der Waals surface area contributed by atoms with E-state index in [0.29, 0.717) is 27.2 Å². The predicted octanol–water partition coefficient (Wildman–Crippen LogP) is 5.31. The summed E-state index contributed by atoms with van der Waals surface area (Å²) in [5.74, 6) is 1.41. The van der Waals surface area contributed by atoms with E-state index >= 15 is 0 Å². The van der Waals surface area contributed by atoms with Crippen molar-refractivity contribution in [3.8, 4) is 0 Å². The molecular weight excluding hydrogens is 361 g/mol. The molecule has 0 radical (unpaired) electrons. The second-order valence-electron chi connectivity index (χ2n) is 4.52. The molecular formula is C16H14Cl3NOS.